The molecule has 5 nitrogen and oxygen atoms in total. The van der Waals surface area contributed by atoms with Crippen molar-refractivity contribution >= 4 is 40.5 Å². The molecule has 1 aromatic carbocycles. The van der Waals surface area contributed by atoms with Gasteiger partial charge in [0.2, 0.25) is 5.91 Å². The molecule has 3 rings (SSSR count). The molecular formula is C15H12N4OS2. The first kappa shape index (κ1) is 14.6. The number of nitrogens with zero attached hydrogens (tertiary/aromatic N) is 3. The molecule has 0 aliphatic rings. The molecule has 0 saturated heterocycles. The first-order chi connectivity index (χ1) is 10.7. The number of hydrogen-bond donors (Lipinski definition) is 1. The van der Waals surface area contributed by atoms with Crippen molar-refractivity contribution in [1.29, 1.82) is 0 Å². The monoisotopic (exact) mass is 328 g/mol. The van der Waals surface area contributed by atoms with E-state index in [4.69, 9.17) is 0 Å². The van der Waals surface area contributed by atoms with E-state index in [9.17, 15) is 4.79 Å². The third kappa shape index (κ3) is 3.63. The average Bonchev–Trinajstić information content (AvgIpc) is 3.17. The Morgan fingerprint density at radius 2 is 2.05 bits per heavy atom. The van der Waals surface area contributed by atoms with Crippen LogP contribution in [0.2, 0.25) is 0 Å². The first-order valence-electron chi connectivity index (χ1n) is 6.49. The average molecular weight is 328 g/mol. The number of aromatic nitrogens is 3. The second-order valence-electron chi connectivity index (χ2n) is 4.48. The number of nitrogens with one attached hydrogen (secondary N) is 1. The third-order valence-corrected chi connectivity index (χ3v) is 4.15. The van der Waals surface area contributed by atoms with Crippen LogP contribution >= 0.6 is 22.9 Å². The molecule has 1 N–H and O–H groups in total. The van der Waals surface area contributed by atoms with Crippen LogP contribution in [0.4, 0.5) is 5.69 Å². The molecule has 2 aromatic heterocycles. The van der Waals surface area contributed by atoms with Gasteiger partial charge >= 0.3 is 0 Å². The maximum absolute atomic E-state index is 11.9. The van der Waals surface area contributed by atoms with Gasteiger partial charge in [0.1, 0.15) is 5.69 Å². The summed E-state index contributed by atoms with van der Waals surface area (Å²) in [5.74, 6) is -0.186. The molecule has 0 radical (unpaired) electrons. The van der Waals surface area contributed by atoms with Crippen molar-refractivity contribution in [3.8, 4) is 11.3 Å². The number of hydrogen-bond acceptors (Lipinski definition) is 6. The highest BCUT2D eigenvalue weighted by Gasteiger charge is 2.02. The predicted octanol–water partition coefficient (Wildman–Crippen LogP) is 3.62. The van der Waals surface area contributed by atoms with E-state index < -0.39 is 0 Å². The lowest BCUT2D eigenvalue weighted by Crippen LogP contribution is -2.07. The Hall–Kier alpha value is -2.38. The number of carbonyl (C=O) groups is 1. The van der Waals surface area contributed by atoms with Crippen molar-refractivity contribution in [2.45, 2.75) is 6.92 Å². The van der Waals surface area contributed by atoms with Crippen molar-refractivity contribution in [2.75, 3.05) is 5.32 Å². The number of amides is 1. The number of carbonyl (C=O) groups excluding carboxylic acids is 1. The second kappa shape index (κ2) is 6.59. The van der Waals surface area contributed by atoms with E-state index in [1.807, 2.05) is 41.9 Å². The van der Waals surface area contributed by atoms with Gasteiger partial charge in [-0.05, 0) is 36.7 Å². The summed E-state index contributed by atoms with van der Waals surface area (Å²) >= 11 is 2.87. The van der Waals surface area contributed by atoms with Gasteiger partial charge in [-0.2, -0.15) is 0 Å². The van der Waals surface area contributed by atoms with E-state index in [1.54, 1.807) is 17.4 Å². The van der Waals surface area contributed by atoms with Gasteiger partial charge in [0, 0.05) is 28.1 Å². The molecule has 22 heavy (non-hydrogen) atoms. The lowest BCUT2D eigenvalue weighted by Gasteiger charge is -2.02. The topological polar surface area (TPSA) is 67.8 Å². The van der Waals surface area contributed by atoms with Crippen LogP contribution in [0, 0.1) is 6.92 Å². The standard InChI is InChI=1S/C15H12N4OS2/c1-10-16-13(8-21-10)6-7-15(20)17-12-4-2-11(3-5-12)14-9-22-19-18-14/h2-9H,1H3,(H,17,20)/b7-6-. The molecule has 2 heterocycles. The number of benzene rings is 1. The quantitative estimate of drug-likeness (QED) is 0.743. The minimum Gasteiger partial charge on any atom is -0.323 e. The fourth-order valence-electron chi connectivity index (χ4n) is 1.82. The molecule has 0 atom stereocenters. The minimum absolute atomic E-state index is 0.186. The summed E-state index contributed by atoms with van der Waals surface area (Å²) in [7, 11) is 0. The van der Waals surface area contributed by atoms with Crippen molar-refractivity contribution in [3.05, 3.63) is 51.8 Å². The normalized spacial score (nSPS) is 11.0. The summed E-state index contributed by atoms with van der Waals surface area (Å²) in [6.45, 7) is 1.93. The molecule has 0 fully saturated rings. The van der Waals surface area contributed by atoms with E-state index in [0.717, 1.165) is 27.6 Å². The van der Waals surface area contributed by atoms with Crippen LogP contribution < -0.4 is 5.32 Å². The van der Waals surface area contributed by atoms with E-state index in [-0.39, 0.29) is 5.91 Å². The summed E-state index contributed by atoms with van der Waals surface area (Å²) in [5.41, 5.74) is 3.34. The maximum Gasteiger partial charge on any atom is 0.248 e. The van der Waals surface area contributed by atoms with E-state index in [2.05, 4.69) is 19.9 Å². The Balaban J connectivity index is 1.63. The summed E-state index contributed by atoms with van der Waals surface area (Å²) < 4.78 is 3.83. The SMILES string of the molecule is Cc1nc(/C=C\C(=O)Nc2ccc(-c3csnn3)cc2)cs1. The van der Waals surface area contributed by atoms with Crippen molar-refractivity contribution < 1.29 is 4.79 Å². The zero-order valence-corrected chi connectivity index (χ0v) is 13.3. The Kier molecular flexibility index (Phi) is 4.36. The summed E-state index contributed by atoms with van der Waals surface area (Å²) in [6.07, 6.45) is 3.18. The molecule has 0 saturated carbocycles. The van der Waals surface area contributed by atoms with Crippen LogP contribution in [0.3, 0.4) is 0 Å². The molecule has 0 aliphatic heterocycles. The first-order valence-corrected chi connectivity index (χ1v) is 8.21. The lowest BCUT2D eigenvalue weighted by atomic mass is 10.1. The van der Waals surface area contributed by atoms with Crippen LogP contribution in [-0.4, -0.2) is 20.5 Å². The molecule has 0 spiro atoms. The van der Waals surface area contributed by atoms with Gasteiger partial charge in [-0.15, -0.1) is 16.4 Å². The van der Waals surface area contributed by atoms with E-state index in [0.29, 0.717) is 0 Å². The highest BCUT2D eigenvalue weighted by atomic mass is 32.1. The van der Waals surface area contributed by atoms with Gasteiger partial charge in [0.25, 0.3) is 0 Å². The molecule has 0 aliphatic carbocycles. The lowest BCUT2D eigenvalue weighted by molar-refractivity contribution is -0.111. The highest BCUT2D eigenvalue weighted by Crippen LogP contribution is 2.20. The van der Waals surface area contributed by atoms with Crippen molar-refractivity contribution in [3.63, 3.8) is 0 Å². The van der Waals surface area contributed by atoms with E-state index >= 15 is 0 Å². The van der Waals surface area contributed by atoms with Crippen LogP contribution in [0.5, 0.6) is 0 Å². The Morgan fingerprint density at radius 3 is 2.68 bits per heavy atom. The van der Waals surface area contributed by atoms with Gasteiger partial charge < -0.3 is 5.32 Å². The van der Waals surface area contributed by atoms with Crippen LogP contribution in [-0.2, 0) is 4.79 Å². The molecule has 0 unspecified atom stereocenters. The second-order valence-corrected chi connectivity index (χ2v) is 6.15. The molecule has 3 aromatic rings. The fourth-order valence-corrected chi connectivity index (χ4v) is 2.86. The Labute approximate surface area is 135 Å². The smallest absolute Gasteiger partial charge is 0.248 e. The predicted molar refractivity (Wildman–Crippen MR) is 89.9 cm³/mol. The number of aryl methyl sites for hydroxylation is 1. The van der Waals surface area contributed by atoms with Gasteiger partial charge in [0.15, 0.2) is 0 Å². The van der Waals surface area contributed by atoms with Gasteiger partial charge in [0.05, 0.1) is 10.7 Å². The van der Waals surface area contributed by atoms with Crippen LogP contribution in [0.25, 0.3) is 17.3 Å². The van der Waals surface area contributed by atoms with Crippen molar-refractivity contribution in [1.82, 2.24) is 14.6 Å². The number of anilines is 1. The largest absolute Gasteiger partial charge is 0.323 e. The summed E-state index contributed by atoms with van der Waals surface area (Å²) in [6, 6.07) is 7.49. The van der Waals surface area contributed by atoms with Crippen molar-refractivity contribution in [2.24, 2.45) is 0 Å². The zero-order chi connectivity index (χ0) is 15.4. The number of rotatable bonds is 4. The van der Waals surface area contributed by atoms with Gasteiger partial charge in [-0.1, -0.05) is 16.6 Å². The highest BCUT2D eigenvalue weighted by molar-refractivity contribution is 7.09. The molecule has 110 valence electrons. The zero-order valence-electron chi connectivity index (χ0n) is 11.7. The fraction of sp³-hybridized carbons (Fsp3) is 0.0667. The molecule has 0 bridgehead atoms. The molecule has 7 heteroatoms. The molecule has 1 amide bonds. The maximum atomic E-state index is 11.9. The summed E-state index contributed by atoms with van der Waals surface area (Å²) in [5, 5.41) is 11.6. The third-order valence-electron chi connectivity index (χ3n) is 2.85. The molecular weight excluding hydrogens is 316 g/mol. The van der Waals surface area contributed by atoms with Gasteiger partial charge in [-0.25, -0.2) is 4.98 Å². The van der Waals surface area contributed by atoms with Crippen LogP contribution in [0.1, 0.15) is 10.7 Å². The summed E-state index contributed by atoms with van der Waals surface area (Å²) in [4.78, 5) is 16.1. The number of thiazole rings is 1. The van der Waals surface area contributed by atoms with E-state index in [1.165, 1.54) is 17.6 Å². The van der Waals surface area contributed by atoms with Crippen LogP contribution in [0.15, 0.2) is 41.1 Å². The van der Waals surface area contributed by atoms with Gasteiger partial charge in [-0.3, -0.25) is 4.79 Å². The Morgan fingerprint density at radius 1 is 1.23 bits per heavy atom. The Bertz CT molecular complexity index is 791. The minimum atomic E-state index is -0.186.